The summed E-state index contributed by atoms with van der Waals surface area (Å²) in [5.41, 5.74) is 0.293. The summed E-state index contributed by atoms with van der Waals surface area (Å²) in [6.45, 7) is 10.3. The van der Waals surface area contributed by atoms with Crippen LogP contribution in [0.1, 0.15) is 53.4 Å². The Bertz CT molecular complexity index is 220. The Balaban J connectivity index is 2.26. The van der Waals surface area contributed by atoms with E-state index in [9.17, 15) is 5.11 Å². The summed E-state index contributed by atoms with van der Waals surface area (Å²) in [6, 6.07) is 0.582. The first-order valence-electron chi connectivity index (χ1n) is 7.07. The molecule has 0 radical (unpaired) electrons. The van der Waals surface area contributed by atoms with Gasteiger partial charge in [-0.15, -0.1) is 0 Å². The highest BCUT2D eigenvalue weighted by Gasteiger charge is 2.50. The standard InChI is InChI=1S/C14H29NO2/c1-5-14(4)12(10-13(14)17-6-2)15-9-7-8-11(3)16/h11-13,15-16H,5-10H2,1-4H3. The third-order valence-corrected chi connectivity index (χ3v) is 4.30. The third-order valence-electron chi connectivity index (χ3n) is 4.30. The van der Waals surface area contributed by atoms with E-state index in [0.717, 1.165) is 38.8 Å². The van der Waals surface area contributed by atoms with Crippen LogP contribution in [0.15, 0.2) is 0 Å². The molecule has 1 aliphatic carbocycles. The van der Waals surface area contributed by atoms with Gasteiger partial charge in [-0.05, 0) is 46.1 Å². The molecule has 3 nitrogen and oxygen atoms in total. The van der Waals surface area contributed by atoms with E-state index in [1.807, 2.05) is 6.92 Å². The first-order chi connectivity index (χ1) is 8.04. The molecule has 4 atom stereocenters. The van der Waals surface area contributed by atoms with Crippen LogP contribution in [-0.4, -0.2) is 36.5 Å². The summed E-state index contributed by atoms with van der Waals surface area (Å²) in [6.07, 6.45) is 4.47. The number of rotatable bonds is 8. The first kappa shape index (κ1) is 14.9. The van der Waals surface area contributed by atoms with Crippen LogP contribution < -0.4 is 5.32 Å². The van der Waals surface area contributed by atoms with Gasteiger partial charge in [0.2, 0.25) is 0 Å². The average molecular weight is 243 g/mol. The van der Waals surface area contributed by atoms with Crippen molar-refractivity contribution in [2.24, 2.45) is 5.41 Å². The lowest BCUT2D eigenvalue weighted by atomic mass is 9.61. The largest absolute Gasteiger partial charge is 0.393 e. The molecule has 4 unspecified atom stereocenters. The van der Waals surface area contributed by atoms with Crippen molar-refractivity contribution in [2.75, 3.05) is 13.2 Å². The lowest BCUT2D eigenvalue weighted by Crippen LogP contribution is -2.62. The molecule has 1 saturated carbocycles. The lowest BCUT2D eigenvalue weighted by Gasteiger charge is -2.53. The van der Waals surface area contributed by atoms with Crippen LogP contribution in [0.3, 0.4) is 0 Å². The fourth-order valence-electron chi connectivity index (χ4n) is 2.74. The number of hydrogen-bond donors (Lipinski definition) is 2. The molecule has 0 saturated heterocycles. The normalized spacial score (nSPS) is 34.4. The Morgan fingerprint density at radius 3 is 2.71 bits per heavy atom. The fraction of sp³-hybridized carbons (Fsp3) is 1.00. The quantitative estimate of drug-likeness (QED) is 0.643. The number of nitrogens with one attached hydrogen (secondary N) is 1. The van der Waals surface area contributed by atoms with Gasteiger partial charge >= 0.3 is 0 Å². The van der Waals surface area contributed by atoms with Crippen LogP contribution in [0.5, 0.6) is 0 Å². The second-order valence-corrected chi connectivity index (χ2v) is 5.54. The van der Waals surface area contributed by atoms with Crippen molar-refractivity contribution in [2.45, 2.75) is 71.6 Å². The molecule has 2 N–H and O–H groups in total. The summed E-state index contributed by atoms with van der Waals surface area (Å²) in [4.78, 5) is 0. The molecule has 0 heterocycles. The van der Waals surface area contributed by atoms with Gasteiger partial charge in [0.15, 0.2) is 0 Å². The van der Waals surface area contributed by atoms with Gasteiger partial charge < -0.3 is 15.2 Å². The molecule has 0 aromatic rings. The maximum atomic E-state index is 9.20. The van der Waals surface area contributed by atoms with Crippen molar-refractivity contribution >= 4 is 0 Å². The van der Waals surface area contributed by atoms with Crippen molar-refractivity contribution in [3.63, 3.8) is 0 Å². The van der Waals surface area contributed by atoms with Crippen LogP contribution in [0.2, 0.25) is 0 Å². The van der Waals surface area contributed by atoms with Gasteiger partial charge in [0.1, 0.15) is 0 Å². The molecule has 0 aromatic heterocycles. The molecule has 3 heteroatoms. The van der Waals surface area contributed by atoms with E-state index in [-0.39, 0.29) is 6.10 Å². The van der Waals surface area contributed by atoms with Crippen LogP contribution in [0.25, 0.3) is 0 Å². The molecule has 0 aliphatic heterocycles. The SMILES string of the molecule is CCOC1CC(NCCCC(C)O)C1(C)CC. The molecule has 0 amide bonds. The topological polar surface area (TPSA) is 41.5 Å². The Labute approximate surface area is 106 Å². The van der Waals surface area contributed by atoms with Crippen LogP contribution in [0.4, 0.5) is 0 Å². The summed E-state index contributed by atoms with van der Waals surface area (Å²) < 4.78 is 5.78. The Hall–Kier alpha value is -0.120. The second-order valence-electron chi connectivity index (χ2n) is 5.54. The Morgan fingerprint density at radius 1 is 1.47 bits per heavy atom. The molecule has 102 valence electrons. The zero-order valence-electron chi connectivity index (χ0n) is 11.8. The number of ether oxygens (including phenoxy) is 1. The Kier molecular flexibility index (Phi) is 5.90. The molecule has 0 bridgehead atoms. The molecule has 1 fully saturated rings. The molecule has 1 rings (SSSR count). The highest BCUT2D eigenvalue weighted by Crippen LogP contribution is 2.45. The van der Waals surface area contributed by atoms with Gasteiger partial charge in [-0.3, -0.25) is 0 Å². The fourth-order valence-corrected chi connectivity index (χ4v) is 2.74. The number of hydrogen-bond acceptors (Lipinski definition) is 3. The third kappa shape index (κ3) is 3.67. The van der Waals surface area contributed by atoms with Crippen LogP contribution >= 0.6 is 0 Å². The van der Waals surface area contributed by atoms with Gasteiger partial charge in [-0.2, -0.15) is 0 Å². The van der Waals surface area contributed by atoms with E-state index in [1.165, 1.54) is 0 Å². The zero-order chi connectivity index (χ0) is 12.9. The van der Waals surface area contributed by atoms with Crippen molar-refractivity contribution in [3.8, 4) is 0 Å². The molecule has 0 spiro atoms. The molecule has 17 heavy (non-hydrogen) atoms. The monoisotopic (exact) mass is 243 g/mol. The van der Waals surface area contributed by atoms with E-state index in [1.54, 1.807) is 0 Å². The molecular weight excluding hydrogens is 214 g/mol. The summed E-state index contributed by atoms with van der Waals surface area (Å²) in [7, 11) is 0. The maximum Gasteiger partial charge on any atom is 0.0658 e. The minimum absolute atomic E-state index is 0.174. The van der Waals surface area contributed by atoms with E-state index in [2.05, 4.69) is 26.1 Å². The van der Waals surface area contributed by atoms with E-state index in [0.29, 0.717) is 17.6 Å². The van der Waals surface area contributed by atoms with Crippen molar-refractivity contribution in [3.05, 3.63) is 0 Å². The van der Waals surface area contributed by atoms with Gasteiger partial charge in [0.05, 0.1) is 12.2 Å². The summed E-state index contributed by atoms with van der Waals surface area (Å²) in [5, 5.41) is 12.8. The maximum absolute atomic E-state index is 9.20. The highest BCUT2D eigenvalue weighted by molar-refractivity contribution is 5.04. The van der Waals surface area contributed by atoms with Gasteiger partial charge in [-0.25, -0.2) is 0 Å². The van der Waals surface area contributed by atoms with Crippen LogP contribution in [-0.2, 0) is 4.74 Å². The van der Waals surface area contributed by atoms with E-state index in [4.69, 9.17) is 4.74 Å². The summed E-state index contributed by atoms with van der Waals surface area (Å²) in [5.74, 6) is 0. The minimum atomic E-state index is -0.174. The number of aliphatic hydroxyl groups is 1. The molecule has 0 aromatic carbocycles. The average Bonchev–Trinajstić information content (AvgIpc) is 2.30. The first-order valence-corrected chi connectivity index (χ1v) is 7.07. The van der Waals surface area contributed by atoms with Crippen molar-refractivity contribution in [1.29, 1.82) is 0 Å². The zero-order valence-corrected chi connectivity index (χ0v) is 11.8. The second kappa shape index (κ2) is 6.72. The Morgan fingerprint density at radius 2 is 2.18 bits per heavy atom. The predicted octanol–water partition coefficient (Wildman–Crippen LogP) is 2.33. The van der Waals surface area contributed by atoms with E-state index < -0.39 is 0 Å². The summed E-state index contributed by atoms with van der Waals surface area (Å²) >= 11 is 0. The van der Waals surface area contributed by atoms with Crippen molar-refractivity contribution in [1.82, 2.24) is 5.32 Å². The minimum Gasteiger partial charge on any atom is -0.393 e. The lowest BCUT2D eigenvalue weighted by molar-refractivity contribution is -0.125. The molecule has 1 aliphatic rings. The molecular formula is C14H29NO2. The van der Waals surface area contributed by atoms with Gasteiger partial charge in [0.25, 0.3) is 0 Å². The smallest absolute Gasteiger partial charge is 0.0658 e. The predicted molar refractivity (Wildman–Crippen MR) is 71.1 cm³/mol. The van der Waals surface area contributed by atoms with E-state index >= 15 is 0 Å². The van der Waals surface area contributed by atoms with Crippen molar-refractivity contribution < 1.29 is 9.84 Å². The number of aliphatic hydroxyl groups excluding tert-OH is 1. The van der Waals surface area contributed by atoms with Gasteiger partial charge in [0, 0.05) is 18.1 Å². The van der Waals surface area contributed by atoms with Gasteiger partial charge in [-0.1, -0.05) is 13.8 Å². The highest BCUT2D eigenvalue weighted by atomic mass is 16.5. The van der Waals surface area contributed by atoms with Crippen LogP contribution in [0, 0.1) is 5.41 Å².